The van der Waals surface area contributed by atoms with Gasteiger partial charge in [-0.05, 0) is 45.6 Å². The van der Waals surface area contributed by atoms with Crippen LogP contribution in [0.25, 0.3) is 0 Å². The molecule has 2 rings (SSSR count). The van der Waals surface area contributed by atoms with E-state index in [1.807, 2.05) is 0 Å². The normalized spacial score (nSPS) is 19.1. The fraction of sp³-hybridized carbons (Fsp3) is 0.667. The van der Waals surface area contributed by atoms with Crippen molar-refractivity contribution in [2.45, 2.75) is 44.6 Å². The Morgan fingerprint density at radius 2 is 2.19 bits per heavy atom. The number of rotatable bonds is 5. The molecular formula is C12H19BrN2S. The molecule has 1 aliphatic rings. The summed E-state index contributed by atoms with van der Waals surface area (Å²) in [5.74, 6) is 6.59. The van der Waals surface area contributed by atoms with Gasteiger partial charge >= 0.3 is 0 Å². The van der Waals surface area contributed by atoms with E-state index in [4.69, 9.17) is 5.84 Å². The van der Waals surface area contributed by atoms with E-state index in [2.05, 4.69) is 32.1 Å². The van der Waals surface area contributed by atoms with Gasteiger partial charge in [-0.25, -0.2) is 0 Å². The molecule has 1 fully saturated rings. The summed E-state index contributed by atoms with van der Waals surface area (Å²) < 4.78 is 1.19. The van der Waals surface area contributed by atoms with Gasteiger partial charge in [0.15, 0.2) is 0 Å². The van der Waals surface area contributed by atoms with Crippen molar-refractivity contribution in [3.05, 3.63) is 20.8 Å². The van der Waals surface area contributed by atoms with Crippen LogP contribution in [0, 0.1) is 5.92 Å². The zero-order valence-corrected chi connectivity index (χ0v) is 11.8. The van der Waals surface area contributed by atoms with Crippen LogP contribution >= 0.6 is 27.3 Å². The highest BCUT2D eigenvalue weighted by Gasteiger charge is 2.19. The molecule has 0 spiro atoms. The molecule has 1 aliphatic carbocycles. The maximum atomic E-state index is 5.65. The Kier molecular flexibility index (Phi) is 4.82. The lowest BCUT2D eigenvalue weighted by molar-refractivity contribution is 0.416. The van der Waals surface area contributed by atoms with Gasteiger partial charge in [0.05, 0.1) is 0 Å². The molecule has 90 valence electrons. The summed E-state index contributed by atoms with van der Waals surface area (Å²) in [6.07, 6.45) is 8.14. The predicted molar refractivity (Wildman–Crippen MR) is 73.3 cm³/mol. The largest absolute Gasteiger partial charge is 0.271 e. The molecule has 0 amide bonds. The second kappa shape index (κ2) is 6.15. The van der Waals surface area contributed by atoms with E-state index in [0.717, 1.165) is 12.3 Å². The highest BCUT2D eigenvalue weighted by molar-refractivity contribution is 9.10. The molecule has 0 bridgehead atoms. The minimum atomic E-state index is 0.307. The van der Waals surface area contributed by atoms with E-state index < -0.39 is 0 Å². The van der Waals surface area contributed by atoms with Gasteiger partial charge < -0.3 is 0 Å². The van der Waals surface area contributed by atoms with Gasteiger partial charge in [-0.2, -0.15) is 11.3 Å². The maximum Gasteiger partial charge on any atom is 0.0479 e. The summed E-state index contributed by atoms with van der Waals surface area (Å²) >= 11 is 5.30. The Morgan fingerprint density at radius 3 is 2.75 bits per heavy atom. The molecule has 1 unspecified atom stereocenters. The monoisotopic (exact) mass is 302 g/mol. The fourth-order valence-electron chi connectivity index (χ4n) is 2.57. The molecule has 3 N–H and O–H groups in total. The van der Waals surface area contributed by atoms with E-state index in [-0.39, 0.29) is 0 Å². The Bertz CT molecular complexity index is 321. The molecular weight excluding hydrogens is 284 g/mol. The highest BCUT2D eigenvalue weighted by atomic mass is 79.9. The number of halogens is 1. The van der Waals surface area contributed by atoms with Crippen molar-refractivity contribution in [3.8, 4) is 0 Å². The number of nitrogens with one attached hydrogen (secondary N) is 1. The number of hydrogen-bond donors (Lipinski definition) is 2. The lowest BCUT2D eigenvalue weighted by atomic mass is 9.96. The molecule has 0 saturated heterocycles. The van der Waals surface area contributed by atoms with Crippen LogP contribution in [0.1, 0.15) is 50.1 Å². The second-order valence-electron chi connectivity index (χ2n) is 4.62. The average Bonchev–Trinajstić information content (AvgIpc) is 2.92. The van der Waals surface area contributed by atoms with Gasteiger partial charge in [0.2, 0.25) is 0 Å². The van der Waals surface area contributed by atoms with E-state index in [1.54, 1.807) is 11.3 Å². The lowest BCUT2D eigenvalue weighted by Crippen LogP contribution is -2.28. The summed E-state index contributed by atoms with van der Waals surface area (Å²) in [5, 5.41) is 4.30. The Hall–Kier alpha value is 0.100. The fourth-order valence-corrected chi connectivity index (χ4v) is 4.20. The quantitative estimate of drug-likeness (QED) is 0.637. The molecule has 4 heteroatoms. The third kappa shape index (κ3) is 3.06. The van der Waals surface area contributed by atoms with E-state index in [1.165, 1.54) is 42.1 Å². The summed E-state index contributed by atoms with van der Waals surface area (Å²) in [6, 6.07) is 0.307. The van der Waals surface area contributed by atoms with Crippen molar-refractivity contribution in [3.63, 3.8) is 0 Å². The highest BCUT2D eigenvalue weighted by Crippen LogP contribution is 2.34. The van der Waals surface area contributed by atoms with Crippen molar-refractivity contribution in [2.75, 3.05) is 0 Å². The predicted octanol–water partition coefficient (Wildman–Crippen LogP) is 3.99. The van der Waals surface area contributed by atoms with Crippen LogP contribution in [-0.4, -0.2) is 0 Å². The van der Waals surface area contributed by atoms with Crippen LogP contribution in [0.3, 0.4) is 0 Å². The van der Waals surface area contributed by atoms with Gasteiger partial charge in [-0.3, -0.25) is 11.3 Å². The third-order valence-electron chi connectivity index (χ3n) is 3.56. The molecule has 1 heterocycles. The number of hydrogen-bond acceptors (Lipinski definition) is 3. The lowest BCUT2D eigenvalue weighted by Gasteiger charge is -2.17. The van der Waals surface area contributed by atoms with Crippen LogP contribution in [0.5, 0.6) is 0 Å². The molecule has 1 saturated carbocycles. The third-order valence-corrected chi connectivity index (χ3v) is 5.31. The SMILES string of the molecule is NNC(CCC1CCCC1)c1cscc1Br. The Morgan fingerprint density at radius 1 is 1.44 bits per heavy atom. The van der Waals surface area contributed by atoms with E-state index in [0.29, 0.717) is 6.04 Å². The van der Waals surface area contributed by atoms with Crippen molar-refractivity contribution in [2.24, 2.45) is 11.8 Å². The zero-order valence-electron chi connectivity index (χ0n) is 9.42. The summed E-state index contributed by atoms with van der Waals surface area (Å²) in [7, 11) is 0. The second-order valence-corrected chi connectivity index (χ2v) is 6.22. The minimum absolute atomic E-state index is 0.307. The molecule has 1 atom stereocenters. The van der Waals surface area contributed by atoms with Crippen LogP contribution in [0.2, 0.25) is 0 Å². The number of hydrazine groups is 1. The molecule has 2 nitrogen and oxygen atoms in total. The molecule has 16 heavy (non-hydrogen) atoms. The van der Waals surface area contributed by atoms with Gasteiger partial charge in [-0.1, -0.05) is 25.7 Å². The maximum absolute atomic E-state index is 5.65. The van der Waals surface area contributed by atoms with Crippen LogP contribution < -0.4 is 11.3 Å². The summed E-state index contributed by atoms with van der Waals surface area (Å²) in [6.45, 7) is 0. The van der Waals surface area contributed by atoms with Gasteiger partial charge in [0.1, 0.15) is 0 Å². The first-order valence-electron chi connectivity index (χ1n) is 5.99. The first kappa shape index (κ1) is 12.6. The number of nitrogens with two attached hydrogens (primary N) is 1. The zero-order chi connectivity index (χ0) is 11.4. The first-order valence-corrected chi connectivity index (χ1v) is 7.72. The van der Waals surface area contributed by atoms with Gasteiger partial charge in [0, 0.05) is 15.9 Å². The minimum Gasteiger partial charge on any atom is -0.271 e. The topological polar surface area (TPSA) is 38.0 Å². The molecule has 0 radical (unpaired) electrons. The van der Waals surface area contributed by atoms with Crippen molar-refractivity contribution >= 4 is 27.3 Å². The van der Waals surface area contributed by atoms with Crippen LogP contribution in [0.4, 0.5) is 0 Å². The van der Waals surface area contributed by atoms with Gasteiger partial charge in [-0.15, -0.1) is 0 Å². The first-order chi connectivity index (χ1) is 7.81. The Balaban J connectivity index is 1.88. The van der Waals surface area contributed by atoms with Crippen molar-refractivity contribution in [1.29, 1.82) is 0 Å². The molecule has 0 aliphatic heterocycles. The molecule has 0 aromatic carbocycles. The summed E-state index contributed by atoms with van der Waals surface area (Å²) in [4.78, 5) is 0. The van der Waals surface area contributed by atoms with Crippen LogP contribution in [0.15, 0.2) is 15.2 Å². The average molecular weight is 303 g/mol. The van der Waals surface area contributed by atoms with E-state index >= 15 is 0 Å². The molecule has 1 aromatic rings. The molecule has 1 aromatic heterocycles. The number of thiophene rings is 1. The Labute approximate surface area is 110 Å². The standard InChI is InChI=1S/C12H19BrN2S/c13-11-8-16-7-10(11)12(15-14)6-5-9-3-1-2-4-9/h7-9,12,15H,1-6,14H2. The van der Waals surface area contributed by atoms with Gasteiger partial charge in [0.25, 0.3) is 0 Å². The van der Waals surface area contributed by atoms with Crippen molar-refractivity contribution < 1.29 is 0 Å². The summed E-state index contributed by atoms with van der Waals surface area (Å²) in [5.41, 5.74) is 4.26. The van der Waals surface area contributed by atoms with E-state index in [9.17, 15) is 0 Å². The van der Waals surface area contributed by atoms with Crippen molar-refractivity contribution in [1.82, 2.24) is 5.43 Å². The smallest absolute Gasteiger partial charge is 0.0479 e. The van der Waals surface area contributed by atoms with Crippen LogP contribution in [-0.2, 0) is 0 Å².